The minimum atomic E-state index is -3.54. The zero-order valence-corrected chi connectivity index (χ0v) is 20.7. The highest BCUT2D eigenvalue weighted by Crippen LogP contribution is 2.34. The van der Waals surface area contributed by atoms with Gasteiger partial charge in [0.05, 0.1) is 28.7 Å². The summed E-state index contributed by atoms with van der Waals surface area (Å²) in [5.74, 6) is -0.587. The molecule has 1 aromatic heterocycles. The maximum atomic E-state index is 13.0. The number of nitrogens with two attached hydrogens (primary N) is 1. The van der Waals surface area contributed by atoms with Crippen LogP contribution in [0.15, 0.2) is 53.6 Å². The molecule has 0 unspecified atom stereocenters. The van der Waals surface area contributed by atoms with E-state index in [0.29, 0.717) is 5.69 Å². The second kappa shape index (κ2) is 9.92. The second-order valence-corrected chi connectivity index (χ2v) is 11.1. The molecule has 1 fully saturated rings. The summed E-state index contributed by atoms with van der Waals surface area (Å²) in [4.78, 5) is 12.3. The fraction of sp³-hybridized carbons (Fsp3) is 0.346. The number of carbonyl (C=O) groups excluding carboxylic acids is 1. The average molecular weight is 492 g/mol. The van der Waals surface area contributed by atoms with E-state index in [9.17, 15) is 18.5 Å². The predicted octanol–water partition coefficient (Wildman–Crippen LogP) is 4.57. The number of hydrogen-bond acceptors (Lipinski definition) is 6. The smallest absolute Gasteiger partial charge is 0.254 e. The van der Waals surface area contributed by atoms with Crippen molar-refractivity contribution in [3.63, 3.8) is 0 Å². The Balaban J connectivity index is 1.56. The van der Waals surface area contributed by atoms with Crippen molar-refractivity contribution in [1.29, 1.82) is 5.26 Å². The van der Waals surface area contributed by atoms with Crippen LogP contribution in [0.2, 0.25) is 0 Å². The quantitative estimate of drug-likeness (QED) is 0.498. The van der Waals surface area contributed by atoms with Crippen LogP contribution in [-0.4, -0.2) is 24.1 Å². The van der Waals surface area contributed by atoms with Crippen LogP contribution in [0.1, 0.15) is 58.8 Å². The molecule has 2 atom stereocenters. The minimum absolute atomic E-state index is 0.0735. The number of nitrogens with zero attached hydrogens (tertiary/aromatic N) is 3. The first-order chi connectivity index (χ1) is 16.7. The van der Waals surface area contributed by atoms with Gasteiger partial charge in [-0.1, -0.05) is 31.0 Å². The lowest BCUT2D eigenvalue weighted by Gasteiger charge is -2.26. The molecule has 1 saturated carbocycles. The zero-order valence-electron chi connectivity index (χ0n) is 19.9. The van der Waals surface area contributed by atoms with Gasteiger partial charge in [-0.15, -0.1) is 0 Å². The van der Waals surface area contributed by atoms with Crippen LogP contribution in [0.25, 0.3) is 0 Å². The third kappa shape index (κ3) is 5.23. The molecule has 182 valence electrons. The molecule has 0 saturated heterocycles. The number of sulfone groups is 1. The summed E-state index contributed by atoms with van der Waals surface area (Å²) in [6, 6.07) is 14.3. The molecule has 35 heavy (non-hydrogen) atoms. The Bertz CT molecular complexity index is 1370. The number of benzene rings is 2. The fourth-order valence-electron chi connectivity index (χ4n) is 4.65. The SMILES string of the molecule is Cc1cccc(C)c1CS(=O)(=O)c1ccc(Nc2nn([C@H]3CCCC[C@@H]3C#N)cc2C(N)=O)cc1. The summed E-state index contributed by atoms with van der Waals surface area (Å²) in [6.45, 7) is 3.82. The maximum absolute atomic E-state index is 13.0. The second-order valence-electron chi connectivity index (χ2n) is 9.10. The van der Waals surface area contributed by atoms with E-state index < -0.39 is 15.7 Å². The molecule has 3 N–H and O–H groups in total. The first-order valence-electron chi connectivity index (χ1n) is 11.6. The van der Waals surface area contributed by atoms with Crippen LogP contribution in [0.5, 0.6) is 0 Å². The molecule has 1 aliphatic rings. The lowest BCUT2D eigenvalue weighted by Crippen LogP contribution is -2.22. The van der Waals surface area contributed by atoms with Crippen molar-refractivity contribution >= 4 is 27.2 Å². The van der Waals surface area contributed by atoms with Crippen LogP contribution < -0.4 is 11.1 Å². The summed E-state index contributed by atoms with van der Waals surface area (Å²) in [6.07, 6.45) is 5.20. The van der Waals surface area contributed by atoms with Gasteiger partial charge in [-0.3, -0.25) is 9.48 Å². The summed E-state index contributed by atoms with van der Waals surface area (Å²) in [7, 11) is -3.54. The molecule has 8 nitrogen and oxygen atoms in total. The Hall–Kier alpha value is -3.64. The van der Waals surface area contributed by atoms with Gasteiger partial charge in [0, 0.05) is 11.9 Å². The van der Waals surface area contributed by atoms with Crippen molar-refractivity contribution in [3.05, 3.63) is 70.9 Å². The fourth-order valence-corrected chi connectivity index (χ4v) is 6.20. The molecular formula is C26H29N5O3S. The number of hydrogen-bond donors (Lipinski definition) is 2. The van der Waals surface area contributed by atoms with Crippen LogP contribution in [-0.2, 0) is 15.6 Å². The highest BCUT2D eigenvalue weighted by Gasteiger charge is 2.29. The van der Waals surface area contributed by atoms with Crippen molar-refractivity contribution < 1.29 is 13.2 Å². The molecule has 1 amide bonds. The largest absolute Gasteiger partial charge is 0.365 e. The number of carbonyl (C=O) groups is 1. The van der Waals surface area contributed by atoms with Crippen LogP contribution in [0, 0.1) is 31.1 Å². The van der Waals surface area contributed by atoms with Gasteiger partial charge in [-0.05, 0) is 67.6 Å². The molecule has 0 spiro atoms. The van der Waals surface area contributed by atoms with E-state index >= 15 is 0 Å². The Morgan fingerprint density at radius 3 is 2.43 bits per heavy atom. The van der Waals surface area contributed by atoms with Gasteiger partial charge in [0.2, 0.25) is 0 Å². The number of rotatable bonds is 7. The molecule has 0 bridgehead atoms. The zero-order chi connectivity index (χ0) is 25.2. The lowest BCUT2D eigenvalue weighted by atomic mass is 9.85. The summed E-state index contributed by atoms with van der Waals surface area (Å²) < 4.78 is 27.7. The summed E-state index contributed by atoms with van der Waals surface area (Å²) in [5, 5.41) is 17.1. The van der Waals surface area contributed by atoms with Crippen molar-refractivity contribution in [1.82, 2.24) is 9.78 Å². The first-order valence-corrected chi connectivity index (χ1v) is 13.3. The van der Waals surface area contributed by atoms with E-state index in [0.717, 1.165) is 42.4 Å². The van der Waals surface area contributed by atoms with Gasteiger partial charge < -0.3 is 11.1 Å². The predicted molar refractivity (Wildman–Crippen MR) is 134 cm³/mol. The molecule has 0 aliphatic heterocycles. The third-order valence-electron chi connectivity index (χ3n) is 6.69. The van der Waals surface area contributed by atoms with Crippen molar-refractivity contribution in [3.8, 4) is 6.07 Å². The Morgan fingerprint density at radius 1 is 1.14 bits per heavy atom. The third-order valence-corrected chi connectivity index (χ3v) is 8.35. The number of nitrogens with one attached hydrogen (secondary N) is 1. The summed E-state index contributed by atoms with van der Waals surface area (Å²) in [5.41, 5.74) is 9.07. The molecule has 2 aromatic carbocycles. The van der Waals surface area contributed by atoms with Crippen LogP contribution in [0.4, 0.5) is 11.5 Å². The highest BCUT2D eigenvalue weighted by atomic mass is 32.2. The van der Waals surface area contributed by atoms with Crippen molar-refractivity contribution in [2.24, 2.45) is 11.7 Å². The normalized spacial score (nSPS) is 18.1. The van der Waals surface area contributed by atoms with E-state index in [1.165, 1.54) is 0 Å². The van der Waals surface area contributed by atoms with E-state index in [-0.39, 0.29) is 34.0 Å². The first kappa shape index (κ1) is 24.5. The monoisotopic (exact) mass is 491 g/mol. The van der Waals surface area contributed by atoms with E-state index in [1.807, 2.05) is 32.0 Å². The van der Waals surface area contributed by atoms with Gasteiger partial charge >= 0.3 is 0 Å². The number of aromatic nitrogens is 2. The van der Waals surface area contributed by atoms with Gasteiger partial charge in [0.1, 0.15) is 5.56 Å². The number of nitriles is 1. The van der Waals surface area contributed by atoms with Crippen molar-refractivity contribution in [2.45, 2.75) is 56.2 Å². The van der Waals surface area contributed by atoms with E-state index in [2.05, 4.69) is 16.5 Å². The minimum Gasteiger partial charge on any atom is -0.365 e. The summed E-state index contributed by atoms with van der Waals surface area (Å²) >= 11 is 0. The number of anilines is 2. The van der Waals surface area contributed by atoms with E-state index in [1.54, 1.807) is 35.1 Å². The van der Waals surface area contributed by atoms with Gasteiger partial charge in [-0.2, -0.15) is 10.4 Å². The number of primary amides is 1. The van der Waals surface area contributed by atoms with Gasteiger partial charge in [0.25, 0.3) is 5.91 Å². The van der Waals surface area contributed by atoms with Gasteiger partial charge in [-0.25, -0.2) is 8.42 Å². The molecule has 1 aliphatic carbocycles. The van der Waals surface area contributed by atoms with Gasteiger partial charge in [0.15, 0.2) is 15.7 Å². The molecule has 4 rings (SSSR count). The standard InChI is InChI=1S/C26H29N5O3S/c1-17-6-5-7-18(2)23(17)16-35(33,34)21-12-10-20(11-13-21)29-26-22(25(28)32)15-31(30-26)24-9-4-3-8-19(24)14-27/h5-7,10-13,15,19,24H,3-4,8-9,16H2,1-2H3,(H2,28,32)(H,29,30)/t19-,24+/m1/s1. The van der Waals surface area contributed by atoms with Crippen LogP contribution >= 0.6 is 0 Å². The number of aryl methyl sites for hydroxylation is 2. The molecule has 3 aromatic rings. The Kier molecular flexibility index (Phi) is 6.94. The Labute approximate surface area is 205 Å². The van der Waals surface area contributed by atoms with E-state index in [4.69, 9.17) is 5.73 Å². The molecular weight excluding hydrogens is 462 g/mol. The lowest BCUT2D eigenvalue weighted by molar-refractivity contribution is 0.100. The van der Waals surface area contributed by atoms with Crippen molar-refractivity contribution in [2.75, 3.05) is 5.32 Å². The molecule has 9 heteroatoms. The van der Waals surface area contributed by atoms with Crippen LogP contribution in [0.3, 0.4) is 0 Å². The maximum Gasteiger partial charge on any atom is 0.254 e. The number of amides is 1. The highest BCUT2D eigenvalue weighted by molar-refractivity contribution is 7.90. The molecule has 1 heterocycles. The Morgan fingerprint density at radius 2 is 1.80 bits per heavy atom. The topological polar surface area (TPSA) is 131 Å². The molecule has 0 radical (unpaired) electrons. The average Bonchev–Trinajstić information content (AvgIpc) is 3.26.